The fourth-order valence-electron chi connectivity index (χ4n) is 1.07. The third kappa shape index (κ3) is 10.9. The summed E-state index contributed by atoms with van der Waals surface area (Å²) in [5.74, 6) is 0. The van der Waals surface area contributed by atoms with E-state index in [2.05, 4.69) is 0 Å². The maximum atomic E-state index is 9.41. The zero-order valence-corrected chi connectivity index (χ0v) is 11.3. The Bertz CT molecular complexity index is 185. The molecule has 0 fully saturated rings. The first-order chi connectivity index (χ1) is 8.52. The minimum Gasteiger partial charge on any atom is -0.396 e. The predicted octanol–water partition coefficient (Wildman–Crippen LogP) is 0.246. The van der Waals surface area contributed by atoms with Crippen LogP contribution in [0.5, 0.6) is 0 Å². The van der Waals surface area contributed by atoms with Crippen LogP contribution < -0.4 is 0 Å². The number of aliphatic hydroxyl groups is 3. The Labute approximate surface area is 108 Å². The molecule has 0 saturated heterocycles. The van der Waals surface area contributed by atoms with Gasteiger partial charge in [0.1, 0.15) is 6.79 Å². The lowest BCUT2D eigenvalue weighted by Gasteiger charge is -2.24. The number of ether oxygens (including phenoxy) is 3. The van der Waals surface area contributed by atoms with Crippen molar-refractivity contribution in [1.29, 1.82) is 0 Å². The van der Waals surface area contributed by atoms with Gasteiger partial charge in [-0.05, 0) is 33.1 Å². The van der Waals surface area contributed by atoms with Crippen molar-refractivity contribution in [2.24, 2.45) is 0 Å². The van der Waals surface area contributed by atoms with Crippen molar-refractivity contribution in [3.63, 3.8) is 0 Å². The molecule has 6 nitrogen and oxygen atoms in total. The molecule has 0 aromatic rings. The SMILES string of the molecule is CC(C)(CO)OCC(O)OCOCCCCCO. The van der Waals surface area contributed by atoms with Crippen molar-refractivity contribution in [2.45, 2.75) is 45.0 Å². The number of hydrogen-bond acceptors (Lipinski definition) is 6. The highest BCUT2D eigenvalue weighted by molar-refractivity contribution is 4.65. The van der Waals surface area contributed by atoms with Gasteiger partial charge in [0.25, 0.3) is 0 Å². The van der Waals surface area contributed by atoms with E-state index in [-0.39, 0.29) is 26.6 Å². The lowest BCUT2D eigenvalue weighted by Crippen LogP contribution is -2.33. The van der Waals surface area contributed by atoms with E-state index < -0.39 is 11.9 Å². The number of aliphatic hydroxyl groups excluding tert-OH is 3. The van der Waals surface area contributed by atoms with Gasteiger partial charge in [0.05, 0.1) is 18.8 Å². The quantitative estimate of drug-likeness (QED) is 0.346. The maximum Gasteiger partial charge on any atom is 0.181 e. The van der Waals surface area contributed by atoms with E-state index in [0.29, 0.717) is 6.61 Å². The molecule has 0 aliphatic rings. The molecule has 0 amide bonds. The van der Waals surface area contributed by atoms with Gasteiger partial charge in [-0.25, -0.2) is 0 Å². The monoisotopic (exact) mass is 266 g/mol. The summed E-state index contributed by atoms with van der Waals surface area (Å²) in [7, 11) is 0. The van der Waals surface area contributed by atoms with Crippen molar-refractivity contribution in [3.05, 3.63) is 0 Å². The average Bonchev–Trinajstić information content (AvgIpc) is 2.35. The van der Waals surface area contributed by atoms with Gasteiger partial charge in [-0.2, -0.15) is 0 Å². The van der Waals surface area contributed by atoms with Crippen molar-refractivity contribution < 1.29 is 29.5 Å². The molecule has 0 bridgehead atoms. The van der Waals surface area contributed by atoms with Gasteiger partial charge in [-0.1, -0.05) is 0 Å². The molecule has 0 spiro atoms. The van der Waals surface area contributed by atoms with Gasteiger partial charge in [0.2, 0.25) is 0 Å². The summed E-state index contributed by atoms with van der Waals surface area (Å²) in [5.41, 5.74) is -0.685. The van der Waals surface area contributed by atoms with Gasteiger partial charge in [0.15, 0.2) is 6.29 Å². The lowest BCUT2D eigenvalue weighted by molar-refractivity contribution is -0.209. The van der Waals surface area contributed by atoms with Gasteiger partial charge in [-0.3, -0.25) is 0 Å². The molecule has 110 valence electrons. The van der Waals surface area contributed by atoms with E-state index in [0.717, 1.165) is 19.3 Å². The van der Waals surface area contributed by atoms with Crippen LogP contribution in [0.2, 0.25) is 0 Å². The lowest BCUT2D eigenvalue weighted by atomic mass is 10.1. The van der Waals surface area contributed by atoms with Crippen LogP contribution in [0.15, 0.2) is 0 Å². The Balaban J connectivity index is 3.34. The molecule has 3 N–H and O–H groups in total. The Morgan fingerprint density at radius 3 is 2.44 bits per heavy atom. The summed E-state index contributed by atoms with van der Waals surface area (Å²) >= 11 is 0. The Morgan fingerprint density at radius 1 is 1.11 bits per heavy atom. The second-order valence-electron chi connectivity index (χ2n) is 4.66. The summed E-state index contributed by atoms with van der Waals surface area (Å²) < 4.78 is 15.3. The second kappa shape index (κ2) is 10.7. The van der Waals surface area contributed by atoms with Crippen LogP contribution in [0.1, 0.15) is 33.1 Å². The van der Waals surface area contributed by atoms with Crippen LogP contribution in [0.25, 0.3) is 0 Å². The Morgan fingerprint density at radius 2 is 1.83 bits per heavy atom. The molecule has 0 aliphatic heterocycles. The van der Waals surface area contributed by atoms with Crippen molar-refractivity contribution in [3.8, 4) is 0 Å². The van der Waals surface area contributed by atoms with Gasteiger partial charge in [-0.15, -0.1) is 0 Å². The zero-order valence-electron chi connectivity index (χ0n) is 11.3. The first kappa shape index (κ1) is 17.8. The molecule has 1 atom stereocenters. The summed E-state index contributed by atoms with van der Waals surface area (Å²) in [5, 5.41) is 26.9. The first-order valence-corrected chi connectivity index (χ1v) is 6.25. The van der Waals surface area contributed by atoms with E-state index in [4.69, 9.17) is 24.4 Å². The van der Waals surface area contributed by atoms with E-state index >= 15 is 0 Å². The van der Waals surface area contributed by atoms with Crippen LogP contribution in [0.4, 0.5) is 0 Å². The fraction of sp³-hybridized carbons (Fsp3) is 1.00. The summed E-state index contributed by atoms with van der Waals surface area (Å²) in [4.78, 5) is 0. The molecule has 0 radical (unpaired) electrons. The standard InChI is InChI=1S/C12H26O6/c1-12(2,9-14)18-8-11(15)17-10-16-7-5-3-4-6-13/h11,13-15H,3-10H2,1-2H3. The van der Waals surface area contributed by atoms with E-state index in [1.165, 1.54) is 0 Å². The first-order valence-electron chi connectivity index (χ1n) is 6.25. The highest BCUT2D eigenvalue weighted by atomic mass is 16.7. The van der Waals surface area contributed by atoms with E-state index in [9.17, 15) is 5.11 Å². The normalized spacial score (nSPS) is 13.8. The minimum absolute atomic E-state index is 0.00318. The van der Waals surface area contributed by atoms with Gasteiger partial charge < -0.3 is 29.5 Å². The highest BCUT2D eigenvalue weighted by Crippen LogP contribution is 2.08. The molecule has 0 saturated carbocycles. The largest absolute Gasteiger partial charge is 0.396 e. The topological polar surface area (TPSA) is 88.4 Å². The number of rotatable bonds is 12. The van der Waals surface area contributed by atoms with Crippen LogP contribution in [0.3, 0.4) is 0 Å². The van der Waals surface area contributed by atoms with Gasteiger partial charge >= 0.3 is 0 Å². The highest BCUT2D eigenvalue weighted by Gasteiger charge is 2.18. The zero-order chi connectivity index (χ0) is 13.9. The van der Waals surface area contributed by atoms with Gasteiger partial charge in [0, 0.05) is 13.2 Å². The van der Waals surface area contributed by atoms with Crippen molar-refractivity contribution in [2.75, 3.05) is 33.2 Å². The fourth-order valence-corrected chi connectivity index (χ4v) is 1.07. The molecule has 0 rings (SSSR count). The van der Waals surface area contributed by atoms with Crippen LogP contribution in [-0.2, 0) is 14.2 Å². The molecule has 0 aromatic heterocycles. The summed E-state index contributed by atoms with van der Waals surface area (Å²) in [6.45, 7) is 4.05. The van der Waals surface area contributed by atoms with Crippen LogP contribution in [0, 0.1) is 0 Å². The number of hydrogen-bond donors (Lipinski definition) is 3. The third-order valence-electron chi connectivity index (χ3n) is 2.29. The van der Waals surface area contributed by atoms with Crippen LogP contribution in [-0.4, -0.2) is 60.4 Å². The van der Waals surface area contributed by atoms with E-state index in [1.807, 2.05) is 0 Å². The average molecular weight is 266 g/mol. The van der Waals surface area contributed by atoms with Crippen LogP contribution >= 0.6 is 0 Å². The molecular formula is C12H26O6. The molecular weight excluding hydrogens is 240 g/mol. The Kier molecular flexibility index (Phi) is 10.5. The van der Waals surface area contributed by atoms with E-state index in [1.54, 1.807) is 13.8 Å². The summed E-state index contributed by atoms with van der Waals surface area (Å²) in [6, 6.07) is 0. The molecule has 6 heteroatoms. The van der Waals surface area contributed by atoms with Crippen molar-refractivity contribution >= 4 is 0 Å². The molecule has 18 heavy (non-hydrogen) atoms. The molecule has 0 heterocycles. The third-order valence-corrected chi connectivity index (χ3v) is 2.29. The Hall–Kier alpha value is -0.240. The molecule has 0 aliphatic carbocycles. The number of unbranched alkanes of at least 4 members (excludes halogenated alkanes) is 2. The van der Waals surface area contributed by atoms with Crippen molar-refractivity contribution in [1.82, 2.24) is 0 Å². The molecule has 0 aromatic carbocycles. The molecule has 1 unspecified atom stereocenters. The summed E-state index contributed by atoms with van der Waals surface area (Å²) in [6.07, 6.45) is 1.48. The minimum atomic E-state index is -1.06. The predicted molar refractivity (Wildman–Crippen MR) is 66.0 cm³/mol. The second-order valence-corrected chi connectivity index (χ2v) is 4.66. The maximum absolute atomic E-state index is 9.41. The smallest absolute Gasteiger partial charge is 0.181 e.